The van der Waals surface area contributed by atoms with Crippen molar-refractivity contribution in [1.82, 2.24) is 0 Å². The number of nitrogens with zero attached hydrogens (tertiary/aromatic N) is 1. The molecule has 3 heteroatoms. The molecular weight excluding hydrogens is 296 g/mol. The average Bonchev–Trinajstić information content (AvgIpc) is 3.01. The van der Waals surface area contributed by atoms with Crippen molar-refractivity contribution in [2.75, 3.05) is 16.8 Å². The van der Waals surface area contributed by atoms with Crippen molar-refractivity contribution in [3.05, 3.63) is 71.5 Å². The molecule has 122 valence electrons. The van der Waals surface area contributed by atoms with Gasteiger partial charge in [-0.05, 0) is 67.7 Å². The smallest absolute Gasteiger partial charge is 0.117 e. The molecule has 0 bridgehead atoms. The first-order valence-corrected chi connectivity index (χ1v) is 8.53. The van der Waals surface area contributed by atoms with Crippen molar-refractivity contribution in [3.8, 4) is 5.75 Å². The number of aryl methyl sites for hydroxylation is 1. The molecule has 2 aromatic rings. The lowest BCUT2D eigenvalue weighted by molar-refractivity contribution is 0.475. The van der Waals surface area contributed by atoms with Crippen LogP contribution in [0.5, 0.6) is 5.75 Å². The zero-order valence-corrected chi connectivity index (χ0v) is 13.9. The summed E-state index contributed by atoms with van der Waals surface area (Å²) in [5.41, 5.74) is 7.35. The maximum absolute atomic E-state index is 9.66. The second-order valence-electron chi connectivity index (χ2n) is 6.51. The highest BCUT2D eigenvalue weighted by molar-refractivity contribution is 5.71. The zero-order chi connectivity index (χ0) is 16.5. The fourth-order valence-corrected chi connectivity index (χ4v) is 3.52. The number of benzene rings is 2. The Bertz CT molecular complexity index is 835. The van der Waals surface area contributed by atoms with Crippen LogP contribution in [0, 0.1) is 6.92 Å². The molecule has 1 aliphatic carbocycles. The van der Waals surface area contributed by atoms with Gasteiger partial charge in [-0.2, -0.15) is 0 Å². The van der Waals surface area contributed by atoms with Crippen molar-refractivity contribution in [1.29, 1.82) is 0 Å². The van der Waals surface area contributed by atoms with E-state index in [0.29, 0.717) is 0 Å². The minimum atomic E-state index is 0.274. The van der Waals surface area contributed by atoms with Gasteiger partial charge in [-0.1, -0.05) is 18.2 Å². The highest BCUT2D eigenvalue weighted by atomic mass is 16.3. The van der Waals surface area contributed by atoms with Gasteiger partial charge < -0.3 is 15.3 Å². The summed E-state index contributed by atoms with van der Waals surface area (Å²) in [4.78, 5) is 2.41. The molecule has 2 aromatic carbocycles. The number of allylic oxidation sites excluding steroid dienone is 2. The van der Waals surface area contributed by atoms with Crippen molar-refractivity contribution < 1.29 is 5.11 Å². The van der Waals surface area contributed by atoms with Gasteiger partial charge >= 0.3 is 0 Å². The SMILES string of the molecule is Cc1ccc(N2CCC3=C2C=CCC3)cc1Nc1cccc(O)c1. The van der Waals surface area contributed by atoms with E-state index < -0.39 is 0 Å². The predicted octanol–water partition coefficient (Wildman–Crippen LogP) is 5.26. The Kier molecular flexibility index (Phi) is 3.77. The first kappa shape index (κ1) is 14.9. The Morgan fingerprint density at radius 1 is 1.08 bits per heavy atom. The summed E-state index contributed by atoms with van der Waals surface area (Å²) < 4.78 is 0. The Labute approximate surface area is 142 Å². The molecule has 3 nitrogen and oxygen atoms in total. The number of hydrogen-bond donors (Lipinski definition) is 2. The molecule has 0 amide bonds. The summed E-state index contributed by atoms with van der Waals surface area (Å²) >= 11 is 0. The van der Waals surface area contributed by atoms with Gasteiger partial charge in [0.05, 0.1) is 0 Å². The Balaban J connectivity index is 1.64. The molecule has 0 radical (unpaired) electrons. The normalized spacial score (nSPS) is 16.5. The van der Waals surface area contributed by atoms with Crippen LogP contribution in [0.15, 0.2) is 65.9 Å². The Morgan fingerprint density at radius 3 is 2.88 bits per heavy atom. The number of nitrogens with one attached hydrogen (secondary N) is 1. The van der Waals surface area contributed by atoms with Crippen LogP contribution in [0.1, 0.15) is 24.8 Å². The van der Waals surface area contributed by atoms with Crippen LogP contribution in [-0.4, -0.2) is 11.7 Å². The summed E-state index contributed by atoms with van der Waals surface area (Å²) in [5.74, 6) is 0.274. The summed E-state index contributed by atoms with van der Waals surface area (Å²) in [6.07, 6.45) is 8.08. The van der Waals surface area contributed by atoms with Gasteiger partial charge in [0.1, 0.15) is 5.75 Å². The van der Waals surface area contributed by atoms with Gasteiger partial charge in [0.25, 0.3) is 0 Å². The van der Waals surface area contributed by atoms with Crippen LogP contribution < -0.4 is 10.2 Å². The van der Waals surface area contributed by atoms with Gasteiger partial charge in [-0.3, -0.25) is 0 Å². The van der Waals surface area contributed by atoms with Gasteiger partial charge in [0, 0.05) is 35.4 Å². The van der Waals surface area contributed by atoms with Crippen molar-refractivity contribution in [2.24, 2.45) is 0 Å². The van der Waals surface area contributed by atoms with E-state index in [0.717, 1.165) is 17.9 Å². The fourth-order valence-electron chi connectivity index (χ4n) is 3.52. The minimum absolute atomic E-state index is 0.274. The van der Waals surface area contributed by atoms with Gasteiger partial charge in [-0.25, -0.2) is 0 Å². The predicted molar refractivity (Wildman–Crippen MR) is 99.9 cm³/mol. The third-order valence-corrected chi connectivity index (χ3v) is 4.84. The molecule has 24 heavy (non-hydrogen) atoms. The van der Waals surface area contributed by atoms with E-state index in [1.165, 1.54) is 36.2 Å². The number of phenolic OH excluding ortho intramolecular Hbond substituents is 1. The number of hydrogen-bond acceptors (Lipinski definition) is 3. The second-order valence-corrected chi connectivity index (χ2v) is 6.51. The quantitative estimate of drug-likeness (QED) is 0.810. The lowest BCUT2D eigenvalue weighted by Crippen LogP contribution is -2.18. The van der Waals surface area contributed by atoms with Crippen LogP contribution >= 0.6 is 0 Å². The van der Waals surface area contributed by atoms with E-state index in [9.17, 15) is 5.11 Å². The highest BCUT2D eigenvalue weighted by Gasteiger charge is 2.23. The van der Waals surface area contributed by atoms with E-state index in [1.807, 2.05) is 12.1 Å². The molecule has 0 saturated carbocycles. The van der Waals surface area contributed by atoms with Crippen LogP contribution in [-0.2, 0) is 0 Å². The molecule has 0 atom stereocenters. The molecule has 0 aromatic heterocycles. The lowest BCUT2D eigenvalue weighted by atomic mass is 10.0. The van der Waals surface area contributed by atoms with Crippen molar-refractivity contribution >= 4 is 17.1 Å². The number of phenols is 1. The largest absolute Gasteiger partial charge is 0.508 e. The lowest BCUT2D eigenvalue weighted by Gasteiger charge is -2.23. The van der Waals surface area contributed by atoms with Gasteiger partial charge in [0.2, 0.25) is 0 Å². The molecule has 2 N–H and O–H groups in total. The molecule has 0 fully saturated rings. The molecule has 1 aliphatic heterocycles. The molecule has 4 rings (SSSR count). The van der Waals surface area contributed by atoms with E-state index in [2.05, 4.69) is 47.5 Å². The van der Waals surface area contributed by atoms with E-state index >= 15 is 0 Å². The van der Waals surface area contributed by atoms with Gasteiger partial charge in [0.15, 0.2) is 0 Å². The molecule has 1 heterocycles. The van der Waals surface area contributed by atoms with Gasteiger partial charge in [-0.15, -0.1) is 0 Å². The standard InChI is InChI=1S/C21H22N2O/c1-15-9-10-18(23-12-11-16-5-2-3-8-21(16)23)14-20(15)22-17-6-4-7-19(24)13-17/h3-4,6-10,13-14,22,24H,2,5,11-12H2,1H3. The topological polar surface area (TPSA) is 35.5 Å². The minimum Gasteiger partial charge on any atom is -0.508 e. The van der Waals surface area contributed by atoms with E-state index in [1.54, 1.807) is 17.7 Å². The summed E-state index contributed by atoms with van der Waals surface area (Å²) in [6, 6.07) is 13.8. The average molecular weight is 318 g/mol. The zero-order valence-electron chi connectivity index (χ0n) is 13.9. The number of aromatic hydroxyl groups is 1. The summed E-state index contributed by atoms with van der Waals surface area (Å²) in [6.45, 7) is 3.16. The molecular formula is C21H22N2O. The van der Waals surface area contributed by atoms with Crippen LogP contribution in [0.25, 0.3) is 0 Å². The highest BCUT2D eigenvalue weighted by Crippen LogP contribution is 2.36. The van der Waals surface area contributed by atoms with Crippen molar-refractivity contribution in [2.45, 2.75) is 26.2 Å². The molecule has 0 saturated heterocycles. The third kappa shape index (κ3) is 2.78. The molecule has 0 spiro atoms. The maximum atomic E-state index is 9.66. The van der Waals surface area contributed by atoms with Crippen molar-refractivity contribution in [3.63, 3.8) is 0 Å². The fraction of sp³-hybridized carbons (Fsp3) is 0.238. The second kappa shape index (κ2) is 6.08. The van der Waals surface area contributed by atoms with E-state index in [4.69, 9.17) is 0 Å². The Hall–Kier alpha value is -2.68. The maximum Gasteiger partial charge on any atom is 0.117 e. The number of anilines is 3. The van der Waals surface area contributed by atoms with E-state index in [-0.39, 0.29) is 5.75 Å². The monoisotopic (exact) mass is 318 g/mol. The summed E-state index contributed by atoms with van der Waals surface area (Å²) in [7, 11) is 0. The molecule has 0 unspecified atom stereocenters. The first-order valence-electron chi connectivity index (χ1n) is 8.53. The Morgan fingerprint density at radius 2 is 2.00 bits per heavy atom. The first-order chi connectivity index (χ1) is 11.7. The number of rotatable bonds is 3. The third-order valence-electron chi connectivity index (χ3n) is 4.84. The van der Waals surface area contributed by atoms with Crippen LogP contribution in [0.4, 0.5) is 17.1 Å². The van der Waals surface area contributed by atoms with Crippen LogP contribution in [0.3, 0.4) is 0 Å². The summed E-state index contributed by atoms with van der Waals surface area (Å²) in [5, 5.41) is 13.1. The van der Waals surface area contributed by atoms with Crippen LogP contribution in [0.2, 0.25) is 0 Å². The molecule has 2 aliphatic rings.